The Morgan fingerprint density at radius 3 is 2.56 bits per heavy atom. The van der Waals surface area contributed by atoms with Gasteiger partial charge < -0.3 is 5.32 Å². The number of sulfonamides is 1. The molecule has 0 atom stereocenters. The van der Waals surface area contributed by atoms with Crippen LogP contribution in [0.25, 0.3) is 0 Å². The van der Waals surface area contributed by atoms with Crippen LogP contribution in [-0.2, 0) is 21.2 Å². The summed E-state index contributed by atoms with van der Waals surface area (Å²) in [4.78, 5) is 11.8. The maximum Gasteiger partial charge on any atom is 0.240 e. The molecule has 0 aliphatic heterocycles. The predicted molar refractivity (Wildman–Crippen MR) is 93.3 cm³/mol. The zero-order chi connectivity index (χ0) is 18.4. The third-order valence-corrected chi connectivity index (χ3v) is 5.40. The first-order valence-electron chi connectivity index (χ1n) is 7.64. The highest BCUT2D eigenvalue weighted by molar-refractivity contribution is 7.89. The number of rotatable bonds is 8. The highest BCUT2D eigenvalue weighted by Gasteiger charge is 2.15. The number of aromatic nitrogens is 2. The number of anilines is 1. The van der Waals surface area contributed by atoms with Crippen molar-refractivity contribution < 1.29 is 17.6 Å². The van der Waals surface area contributed by atoms with E-state index in [4.69, 9.17) is 0 Å². The molecule has 136 valence electrons. The first kappa shape index (κ1) is 19.4. The van der Waals surface area contributed by atoms with Gasteiger partial charge in [0.1, 0.15) is 10.8 Å². The van der Waals surface area contributed by atoms with Gasteiger partial charge in [0, 0.05) is 19.4 Å². The lowest BCUT2D eigenvalue weighted by Gasteiger charge is -2.06. The van der Waals surface area contributed by atoms with Gasteiger partial charge in [-0.15, -0.1) is 10.2 Å². The van der Waals surface area contributed by atoms with Gasteiger partial charge >= 0.3 is 0 Å². The van der Waals surface area contributed by atoms with Gasteiger partial charge in [-0.2, -0.15) is 0 Å². The van der Waals surface area contributed by atoms with Gasteiger partial charge in [0.05, 0.1) is 4.90 Å². The zero-order valence-corrected chi connectivity index (χ0v) is 15.5. The fourth-order valence-electron chi connectivity index (χ4n) is 1.91. The van der Waals surface area contributed by atoms with Gasteiger partial charge in [-0.25, -0.2) is 17.5 Å². The van der Waals surface area contributed by atoms with Gasteiger partial charge in [-0.05, 0) is 30.2 Å². The van der Waals surface area contributed by atoms with E-state index in [1.54, 1.807) is 0 Å². The number of nitrogens with one attached hydrogen (secondary N) is 2. The van der Waals surface area contributed by atoms with Crippen molar-refractivity contribution >= 4 is 32.4 Å². The van der Waals surface area contributed by atoms with Gasteiger partial charge in [0.15, 0.2) is 0 Å². The summed E-state index contributed by atoms with van der Waals surface area (Å²) in [5.41, 5.74) is 0. The molecule has 0 saturated heterocycles. The molecule has 10 heteroatoms. The first-order valence-corrected chi connectivity index (χ1v) is 9.93. The van der Waals surface area contributed by atoms with Crippen molar-refractivity contribution in [1.29, 1.82) is 0 Å². The molecule has 0 unspecified atom stereocenters. The van der Waals surface area contributed by atoms with Gasteiger partial charge in [-0.3, -0.25) is 4.79 Å². The fourth-order valence-corrected chi connectivity index (χ4v) is 3.91. The summed E-state index contributed by atoms with van der Waals surface area (Å²) >= 11 is 1.30. The second-order valence-electron chi connectivity index (χ2n) is 5.75. The molecule has 1 aromatic carbocycles. The summed E-state index contributed by atoms with van der Waals surface area (Å²) < 4.78 is 39.1. The van der Waals surface area contributed by atoms with Crippen LogP contribution in [-0.4, -0.2) is 31.1 Å². The Kier molecular flexibility index (Phi) is 6.57. The van der Waals surface area contributed by atoms with Crippen LogP contribution >= 0.6 is 11.3 Å². The number of carbonyl (C=O) groups is 1. The van der Waals surface area contributed by atoms with Gasteiger partial charge in [0.25, 0.3) is 0 Å². The summed E-state index contributed by atoms with van der Waals surface area (Å²) in [7, 11) is -3.78. The average molecular weight is 386 g/mol. The van der Waals surface area contributed by atoms with Crippen molar-refractivity contribution in [1.82, 2.24) is 14.9 Å². The van der Waals surface area contributed by atoms with E-state index < -0.39 is 15.8 Å². The van der Waals surface area contributed by atoms with Gasteiger partial charge in [-0.1, -0.05) is 25.2 Å². The maximum atomic E-state index is 12.8. The summed E-state index contributed by atoms with van der Waals surface area (Å²) in [6, 6.07) is 4.45. The third kappa shape index (κ3) is 6.15. The molecule has 0 bridgehead atoms. The zero-order valence-electron chi connectivity index (χ0n) is 13.8. The Hall–Kier alpha value is -1.91. The van der Waals surface area contributed by atoms with E-state index >= 15 is 0 Å². The molecule has 1 heterocycles. The molecule has 7 nitrogen and oxygen atoms in total. The molecule has 0 fully saturated rings. The molecule has 2 N–H and O–H groups in total. The molecule has 0 spiro atoms. The Morgan fingerprint density at radius 2 is 1.92 bits per heavy atom. The Balaban J connectivity index is 1.81. The van der Waals surface area contributed by atoms with Crippen molar-refractivity contribution in [3.05, 3.63) is 35.1 Å². The van der Waals surface area contributed by atoms with Crippen LogP contribution in [0.1, 0.15) is 25.3 Å². The van der Waals surface area contributed by atoms with Crippen molar-refractivity contribution in [3.8, 4) is 0 Å². The summed E-state index contributed by atoms with van der Waals surface area (Å²) in [5, 5.41) is 11.7. The minimum atomic E-state index is -3.78. The molecule has 0 aliphatic carbocycles. The second-order valence-corrected chi connectivity index (χ2v) is 8.58. The number of amides is 1. The van der Waals surface area contributed by atoms with E-state index in [1.807, 2.05) is 0 Å². The number of benzene rings is 1. The molecule has 25 heavy (non-hydrogen) atoms. The molecule has 2 aromatic rings. The van der Waals surface area contributed by atoms with Crippen LogP contribution in [0.2, 0.25) is 0 Å². The molecule has 0 aliphatic rings. The fraction of sp³-hybridized carbons (Fsp3) is 0.400. The lowest BCUT2D eigenvalue weighted by atomic mass is 10.1. The minimum Gasteiger partial charge on any atom is -0.300 e. The maximum absolute atomic E-state index is 12.8. The standard InChI is InChI=1S/C15H19FN4O3S2/c1-10(2)9-14-19-20-15(24-14)18-13(21)7-8-17-25(22,23)12-5-3-11(16)4-6-12/h3-6,10,17H,7-9H2,1-2H3,(H,18,20,21). The molecule has 2 rings (SSSR count). The molecule has 0 saturated carbocycles. The van der Waals surface area contributed by atoms with Crippen molar-refractivity contribution in [2.24, 2.45) is 5.92 Å². The van der Waals surface area contributed by atoms with E-state index in [1.165, 1.54) is 11.3 Å². The second kappa shape index (κ2) is 8.45. The lowest BCUT2D eigenvalue weighted by molar-refractivity contribution is -0.116. The van der Waals surface area contributed by atoms with Crippen LogP contribution in [0, 0.1) is 11.7 Å². The number of hydrogen-bond donors (Lipinski definition) is 2. The predicted octanol–water partition coefficient (Wildman–Crippen LogP) is 2.18. The smallest absolute Gasteiger partial charge is 0.240 e. The number of nitrogens with zero attached hydrogens (tertiary/aromatic N) is 2. The summed E-state index contributed by atoms with van der Waals surface area (Å²) in [6.45, 7) is 4.04. The molecule has 1 amide bonds. The van der Waals surface area contributed by atoms with Crippen LogP contribution in [0.3, 0.4) is 0 Å². The number of hydrogen-bond acceptors (Lipinski definition) is 6. The average Bonchev–Trinajstić information content (AvgIpc) is 2.93. The molecular weight excluding hydrogens is 367 g/mol. The SMILES string of the molecule is CC(C)Cc1nnc(NC(=O)CCNS(=O)(=O)c2ccc(F)cc2)s1. The highest BCUT2D eigenvalue weighted by atomic mass is 32.2. The van der Waals surface area contributed by atoms with Crippen molar-refractivity contribution in [2.75, 3.05) is 11.9 Å². The minimum absolute atomic E-state index is 0.0560. The van der Waals surface area contributed by atoms with E-state index in [-0.39, 0.29) is 23.8 Å². The number of halogens is 1. The van der Waals surface area contributed by atoms with Crippen LogP contribution in [0.4, 0.5) is 9.52 Å². The highest BCUT2D eigenvalue weighted by Crippen LogP contribution is 2.18. The van der Waals surface area contributed by atoms with Crippen LogP contribution < -0.4 is 10.0 Å². The normalized spacial score (nSPS) is 11.7. The number of carbonyl (C=O) groups excluding carboxylic acids is 1. The van der Waals surface area contributed by atoms with Gasteiger partial charge in [0.2, 0.25) is 21.1 Å². The quantitative estimate of drug-likeness (QED) is 0.724. The molecule has 0 radical (unpaired) electrons. The molecular formula is C15H19FN4O3S2. The Bertz CT molecular complexity index is 820. The third-order valence-electron chi connectivity index (χ3n) is 3.06. The Morgan fingerprint density at radius 1 is 1.24 bits per heavy atom. The monoisotopic (exact) mass is 386 g/mol. The largest absolute Gasteiger partial charge is 0.300 e. The Labute approximate surface area is 149 Å². The van der Waals surface area contributed by atoms with E-state index in [9.17, 15) is 17.6 Å². The lowest BCUT2D eigenvalue weighted by Crippen LogP contribution is -2.27. The van der Waals surface area contributed by atoms with Crippen molar-refractivity contribution in [2.45, 2.75) is 31.6 Å². The van der Waals surface area contributed by atoms with E-state index in [0.29, 0.717) is 11.0 Å². The van der Waals surface area contributed by atoms with E-state index in [2.05, 4.69) is 34.1 Å². The van der Waals surface area contributed by atoms with E-state index in [0.717, 1.165) is 35.7 Å². The summed E-state index contributed by atoms with van der Waals surface area (Å²) in [5.74, 6) is -0.446. The molecule has 1 aromatic heterocycles. The summed E-state index contributed by atoms with van der Waals surface area (Å²) in [6.07, 6.45) is 0.727. The van der Waals surface area contributed by atoms with Crippen LogP contribution in [0.15, 0.2) is 29.2 Å². The van der Waals surface area contributed by atoms with Crippen LogP contribution in [0.5, 0.6) is 0 Å². The first-order chi connectivity index (χ1) is 11.8. The van der Waals surface area contributed by atoms with Crippen molar-refractivity contribution in [3.63, 3.8) is 0 Å². The topological polar surface area (TPSA) is 101 Å².